The quantitative estimate of drug-likeness (QED) is 0.744. The van der Waals surface area contributed by atoms with Gasteiger partial charge in [0.1, 0.15) is 0 Å². The van der Waals surface area contributed by atoms with Crippen LogP contribution in [0.2, 0.25) is 0 Å². The first-order valence-corrected chi connectivity index (χ1v) is 5.13. The molecule has 78 valence electrons. The van der Waals surface area contributed by atoms with Crippen LogP contribution in [0.25, 0.3) is 0 Å². The van der Waals surface area contributed by atoms with Gasteiger partial charge in [-0.3, -0.25) is 4.98 Å². The normalized spacial score (nSPS) is 12.7. The molecule has 0 saturated carbocycles. The van der Waals surface area contributed by atoms with Crippen molar-refractivity contribution >= 4 is 5.69 Å². The van der Waals surface area contributed by atoms with Crippen molar-refractivity contribution in [3.05, 3.63) is 24.0 Å². The Morgan fingerprint density at radius 3 is 3.00 bits per heavy atom. The van der Waals surface area contributed by atoms with Crippen LogP contribution in [0.4, 0.5) is 5.69 Å². The third-order valence-corrected chi connectivity index (χ3v) is 2.25. The van der Waals surface area contributed by atoms with E-state index in [4.69, 9.17) is 5.73 Å². The van der Waals surface area contributed by atoms with Crippen molar-refractivity contribution in [1.82, 2.24) is 10.3 Å². The van der Waals surface area contributed by atoms with Crippen molar-refractivity contribution in [3.8, 4) is 0 Å². The number of hydrogen-bond donors (Lipinski definition) is 2. The summed E-state index contributed by atoms with van der Waals surface area (Å²) < 4.78 is 0. The predicted octanol–water partition coefficient (Wildman–Crippen LogP) is 1.45. The van der Waals surface area contributed by atoms with E-state index in [-0.39, 0.29) is 0 Å². The van der Waals surface area contributed by atoms with Crippen LogP contribution in [-0.2, 0) is 6.42 Å². The maximum Gasteiger partial charge on any atom is 0.0377 e. The molecule has 3 heteroatoms. The Labute approximate surface area is 85.7 Å². The first-order valence-electron chi connectivity index (χ1n) is 5.13. The number of pyridine rings is 1. The summed E-state index contributed by atoms with van der Waals surface area (Å²) in [5.74, 6) is 0.599. The van der Waals surface area contributed by atoms with Crippen molar-refractivity contribution in [3.63, 3.8) is 0 Å². The molecule has 0 spiro atoms. The fourth-order valence-electron chi connectivity index (χ4n) is 1.45. The van der Waals surface area contributed by atoms with Crippen LogP contribution in [0.1, 0.15) is 19.4 Å². The van der Waals surface area contributed by atoms with Gasteiger partial charge in [0.05, 0.1) is 0 Å². The Morgan fingerprint density at radius 2 is 2.36 bits per heavy atom. The minimum Gasteiger partial charge on any atom is -0.398 e. The summed E-state index contributed by atoms with van der Waals surface area (Å²) in [4.78, 5) is 4.08. The van der Waals surface area contributed by atoms with Crippen LogP contribution < -0.4 is 11.1 Å². The molecule has 1 aromatic rings. The molecule has 3 N–H and O–H groups in total. The van der Waals surface area contributed by atoms with Crippen molar-refractivity contribution in [2.45, 2.75) is 20.3 Å². The van der Waals surface area contributed by atoms with Crippen molar-refractivity contribution in [1.29, 1.82) is 0 Å². The number of nitrogens with zero attached hydrogens (tertiary/aromatic N) is 1. The fourth-order valence-corrected chi connectivity index (χ4v) is 1.45. The van der Waals surface area contributed by atoms with Crippen molar-refractivity contribution < 1.29 is 0 Å². The summed E-state index contributed by atoms with van der Waals surface area (Å²) >= 11 is 0. The molecule has 1 atom stereocenters. The Hall–Kier alpha value is -1.09. The highest BCUT2D eigenvalue weighted by Crippen LogP contribution is 2.13. The zero-order valence-corrected chi connectivity index (χ0v) is 8.96. The Kier molecular flexibility index (Phi) is 4.40. The number of hydrogen-bond acceptors (Lipinski definition) is 3. The number of anilines is 1. The van der Waals surface area contributed by atoms with Crippen LogP contribution >= 0.6 is 0 Å². The van der Waals surface area contributed by atoms with Crippen molar-refractivity contribution in [2.75, 3.05) is 18.8 Å². The summed E-state index contributed by atoms with van der Waals surface area (Å²) in [6.07, 6.45) is 4.58. The molecule has 0 bridgehead atoms. The van der Waals surface area contributed by atoms with E-state index in [9.17, 15) is 0 Å². The van der Waals surface area contributed by atoms with E-state index in [1.165, 1.54) is 0 Å². The molecule has 0 fully saturated rings. The predicted molar refractivity (Wildman–Crippen MR) is 60.1 cm³/mol. The minimum atomic E-state index is 0.599. The van der Waals surface area contributed by atoms with E-state index >= 15 is 0 Å². The molecular formula is C11H19N3. The average molecular weight is 193 g/mol. The van der Waals surface area contributed by atoms with Crippen LogP contribution in [-0.4, -0.2) is 18.1 Å². The topological polar surface area (TPSA) is 50.9 Å². The molecule has 14 heavy (non-hydrogen) atoms. The van der Waals surface area contributed by atoms with Gasteiger partial charge in [-0.15, -0.1) is 0 Å². The third-order valence-electron chi connectivity index (χ3n) is 2.25. The smallest absolute Gasteiger partial charge is 0.0377 e. The second-order valence-electron chi connectivity index (χ2n) is 3.69. The van der Waals surface area contributed by atoms with E-state index in [1.807, 2.05) is 12.3 Å². The zero-order valence-electron chi connectivity index (χ0n) is 8.96. The highest BCUT2D eigenvalue weighted by Gasteiger charge is 2.05. The lowest BCUT2D eigenvalue weighted by Crippen LogP contribution is -2.22. The number of aromatic nitrogens is 1. The number of nitrogens with two attached hydrogens (primary N) is 1. The highest BCUT2D eigenvalue weighted by molar-refractivity contribution is 5.44. The summed E-state index contributed by atoms with van der Waals surface area (Å²) in [6, 6.07) is 1.86. The number of rotatable bonds is 5. The van der Waals surface area contributed by atoms with Gasteiger partial charge in [0, 0.05) is 18.1 Å². The molecule has 0 radical (unpaired) electrons. The standard InChI is InChI=1S/C11H19N3/c1-3-13-7-9(2)6-10-8-14-5-4-11(10)12/h4-5,8-9,13H,3,6-7H2,1-2H3,(H2,12,14). The lowest BCUT2D eigenvalue weighted by molar-refractivity contribution is 0.521. The first kappa shape index (κ1) is 11.0. The SMILES string of the molecule is CCNCC(C)Cc1cnccc1N. The fraction of sp³-hybridized carbons (Fsp3) is 0.545. The molecule has 1 heterocycles. The zero-order chi connectivity index (χ0) is 10.4. The second kappa shape index (κ2) is 5.60. The lowest BCUT2D eigenvalue weighted by Gasteiger charge is -2.12. The molecule has 1 aromatic heterocycles. The van der Waals surface area contributed by atoms with Gasteiger partial charge in [-0.05, 0) is 37.1 Å². The van der Waals surface area contributed by atoms with E-state index in [1.54, 1.807) is 6.20 Å². The molecule has 0 amide bonds. The van der Waals surface area contributed by atoms with Gasteiger partial charge in [-0.25, -0.2) is 0 Å². The molecule has 0 saturated heterocycles. The van der Waals surface area contributed by atoms with Gasteiger partial charge in [-0.2, -0.15) is 0 Å². The van der Waals surface area contributed by atoms with Crippen LogP contribution in [0.3, 0.4) is 0 Å². The van der Waals surface area contributed by atoms with Crippen LogP contribution in [0, 0.1) is 5.92 Å². The average Bonchev–Trinajstić information content (AvgIpc) is 2.18. The molecule has 1 rings (SSSR count). The van der Waals surface area contributed by atoms with Gasteiger partial charge in [0.25, 0.3) is 0 Å². The molecule has 0 aliphatic carbocycles. The van der Waals surface area contributed by atoms with E-state index in [0.29, 0.717) is 5.92 Å². The minimum absolute atomic E-state index is 0.599. The molecular weight excluding hydrogens is 174 g/mol. The second-order valence-corrected chi connectivity index (χ2v) is 3.69. The lowest BCUT2D eigenvalue weighted by atomic mass is 10.0. The van der Waals surface area contributed by atoms with E-state index in [2.05, 4.69) is 24.1 Å². The maximum absolute atomic E-state index is 5.84. The Bertz CT molecular complexity index is 273. The van der Waals surface area contributed by atoms with E-state index < -0.39 is 0 Å². The highest BCUT2D eigenvalue weighted by atomic mass is 14.8. The van der Waals surface area contributed by atoms with Crippen LogP contribution in [0.5, 0.6) is 0 Å². The van der Waals surface area contributed by atoms with E-state index in [0.717, 1.165) is 30.8 Å². The van der Waals surface area contributed by atoms with Gasteiger partial charge in [0.15, 0.2) is 0 Å². The Morgan fingerprint density at radius 1 is 1.57 bits per heavy atom. The summed E-state index contributed by atoms with van der Waals surface area (Å²) in [7, 11) is 0. The summed E-state index contributed by atoms with van der Waals surface area (Å²) in [6.45, 7) is 6.39. The molecule has 0 aromatic carbocycles. The Balaban J connectivity index is 2.47. The number of nitrogen functional groups attached to an aromatic ring is 1. The monoisotopic (exact) mass is 193 g/mol. The molecule has 1 unspecified atom stereocenters. The molecule has 0 aliphatic heterocycles. The van der Waals surface area contributed by atoms with Crippen molar-refractivity contribution in [2.24, 2.45) is 5.92 Å². The summed E-state index contributed by atoms with van der Waals surface area (Å²) in [5.41, 5.74) is 7.84. The molecule has 0 aliphatic rings. The van der Waals surface area contributed by atoms with Gasteiger partial charge in [-0.1, -0.05) is 13.8 Å². The first-order chi connectivity index (χ1) is 6.74. The van der Waals surface area contributed by atoms with Crippen LogP contribution in [0.15, 0.2) is 18.5 Å². The maximum atomic E-state index is 5.84. The third kappa shape index (κ3) is 3.34. The largest absolute Gasteiger partial charge is 0.398 e. The molecule has 3 nitrogen and oxygen atoms in total. The van der Waals surface area contributed by atoms with Gasteiger partial charge < -0.3 is 11.1 Å². The summed E-state index contributed by atoms with van der Waals surface area (Å²) in [5, 5.41) is 3.33. The van der Waals surface area contributed by atoms with Gasteiger partial charge in [0.2, 0.25) is 0 Å². The van der Waals surface area contributed by atoms with Gasteiger partial charge >= 0.3 is 0 Å². The number of nitrogens with one attached hydrogen (secondary N) is 1.